The molecule has 4 N–H and O–H groups in total. The van der Waals surface area contributed by atoms with Gasteiger partial charge in [0.1, 0.15) is 61.5 Å². The van der Waals surface area contributed by atoms with Crippen LogP contribution in [0.1, 0.15) is 179 Å². The number of carbonyl (C=O) groups is 6. The highest BCUT2D eigenvalue weighted by Crippen LogP contribution is 2.46. The largest absolute Gasteiger partial charge is 0.508 e. The summed E-state index contributed by atoms with van der Waals surface area (Å²) >= 11 is 0. The van der Waals surface area contributed by atoms with Crippen molar-refractivity contribution in [1.82, 2.24) is 0 Å². The number of ketones is 1. The second-order valence-corrected chi connectivity index (χ2v) is 28.5. The van der Waals surface area contributed by atoms with Crippen molar-refractivity contribution in [3.63, 3.8) is 0 Å². The summed E-state index contributed by atoms with van der Waals surface area (Å²) in [7, 11) is 6.32. The van der Waals surface area contributed by atoms with Gasteiger partial charge in [-0.25, -0.2) is 0 Å². The maximum atomic E-state index is 14.2. The van der Waals surface area contributed by atoms with Gasteiger partial charge in [0.05, 0.1) is 54.7 Å². The summed E-state index contributed by atoms with van der Waals surface area (Å²) in [4.78, 5) is 79.0. The summed E-state index contributed by atoms with van der Waals surface area (Å²) in [6.07, 6.45) is 0.766. The lowest BCUT2D eigenvalue weighted by molar-refractivity contribution is -0.175. The predicted molar refractivity (Wildman–Crippen MR) is 393 cm³/mol. The van der Waals surface area contributed by atoms with Gasteiger partial charge < -0.3 is 63.1 Å². The second kappa shape index (κ2) is 39.6. The van der Waals surface area contributed by atoms with Crippen LogP contribution in [0.4, 0.5) is 0 Å². The van der Waals surface area contributed by atoms with Gasteiger partial charge in [-0.3, -0.25) is 28.8 Å². The Labute approximate surface area is 602 Å². The molecule has 0 aliphatic carbocycles. The predicted octanol–water partition coefficient (Wildman–Crippen LogP) is 16.0. The van der Waals surface area contributed by atoms with Gasteiger partial charge in [-0.2, -0.15) is 0 Å². The normalized spacial score (nSPS) is 13.9. The molecule has 7 aromatic rings. The average Bonchev–Trinajstić information content (AvgIpc) is 0.777. The zero-order valence-corrected chi connectivity index (χ0v) is 62.5. The molecule has 19 heteroatoms. The van der Waals surface area contributed by atoms with Crippen LogP contribution in [0, 0.1) is 22.2 Å². The molecule has 0 heterocycles. The van der Waals surface area contributed by atoms with E-state index in [1.165, 1.54) is 25.0 Å². The van der Waals surface area contributed by atoms with Crippen molar-refractivity contribution in [2.45, 2.75) is 185 Å². The molecule has 0 aliphatic rings. The quantitative estimate of drug-likeness (QED) is 0.00960. The summed E-state index contributed by atoms with van der Waals surface area (Å²) < 4.78 is 48.7. The third-order valence-corrected chi connectivity index (χ3v) is 17.9. The summed E-state index contributed by atoms with van der Waals surface area (Å²) in [5.41, 5.74) is 3.06. The number of aliphatic hydroxyl groups is 1. The first kappa shape index (κ1) is 83.9. The Hall–Kier alpha value is -8.72. The molecule has 0 aromatic heterocycles. The maximum Gasteiger partial charge on any atom is 0.313 e. The Kier molecular flexibility index (Phi) is 32.6. The van der Waals surface area contributed by atoms with Crippen molar-refractivity contribution in [3.8, 4) is 28.4 Å². The Morgan fingerprint density at radius 2 is 0.990 bits per heavy atom. The van der Waals surface area contributed by atoms with Crippen molar-refractivity contribution < 1.29 is 91.8 Å². The third kappa shape index (κ3) is 25.1. The molecule has 0 radical (unpaired) electrons. The molecular weight excluding hydrogens is 1300 g/mol. The van der Waals surface area contributed by atoms with E-state index < -0.39 is 70.1 Å². The van der Waals surface area contributed by atoms with E-state index in [0.29, 0.717) is 39.8 Å². The van der Waals surface area contributed by atoms with Gasteiger partial charge in [-0.15, -0.1) is 0 Å². The molecule has 0 fully saturated rings. The number of Topliss-reactive ketones (excluding diaryl/α,β-unsaturated/α-hetero) is 1. The first-order valence-corrected chi connectivity index (χ1v) is 34.7. The number of rotatable bonds is 34. The van der Waals surface area contributed by atoms with Crippen LogP contribution >= 0.6 is 0 Å². The van der Waals surface area contributed by atoms with E-state index in [2.05, 4.69) is 50.2 Å². The highest BCUT2D eigenvalue weighted by atomic mass is 16.6. The number of aromatic hydroxyl groups is 3. The molecule has 6 atom stereocenters. The van der Waals surface area contributed by atoms with Crippen LogP contribution in [-0.4, -0.2) is 116 Å². The number of hydrogen-bond donors (Lipinski definition) is 4. The second-order valence-electron chi connectivity index (χ2n) is 28.5. The molecule has 7 aromatic carbocycles. The summed E-state index contributed by atoms with van der Waals surface area (Å²) in [6, 6.07) is 43.6. The Balaban J connectivity index is 0.000000337. The third-order valence-electron chi connectivity index (χ3n) is 17.9. The number of benzene rings is 7. The number of ether oxygens (including phenoxy) is 9. The van der Waals surface area contributed by atoms with Crippen molar-refractivity contribution in [2.75, 3.05) is 48.3 Å². The summed E-state index contributed by atoms with van der Waals surface area (Å²) in [5, 5.41) is 43.8. The fraction of sp³-hybridized carbons (Fsp3) is 0.470. The van der Waals surface area contributed by atoms with Crippen LogP contribution in [0.5, 0.6) is 17.2 Å². The Morgan fingerprint density at radius 3 is 1.44 bits per heavy atom. The smallest absolute Gasteiger partial charge is 0.313 e. The minimum absolute atomic E-state index is 0.0378. The standard InChI is InChI=1S/C45H60O12.C20H26O6.C18H22O/c1-11-44(9,40(51)55-26-30(3)47)28-45(10,41(52)57-42(4,5)6)25-33(38(49)54-21-20-53-37(48)22-29(2)46)24-43(7,8)39(50)56-27-36-34-18-14-12-16-31(34)23-32-17-13-15-19-35(32)36;1-23-9-15-5-13(6-16(10-24-2)19(15)21)14-7-17(11-25-3)20(22)18(8-14)12-26-4;1-3-15(17-9-11-18(19)12-10-17)13-14(2)16-7-5-4-6-8-16/h12-19,23,30,33,47H,11,20-22,24-28H2,1-10H3;5-8,21-22H,9-12H2,1-4H3;4-12,14-15,19H,3,13H2,1-2H3. The summed E-state index contributed by atoms with van der Waals surface area (Å²) in [5.74, 6) is -3.13. The van der Waals surface area contributed by atoms with E-state index in [9.17, 15) is 49.2 Å². The van der Waals surface area contributed by atoms with E-state index >= 15 is 0 Å². The van der Waals surface area contributed by atoms with Gasteiger partial charge in [-0.1, -0.05) is 112 Å². The van der Waals surface area contributed by atoms with Crippen LogP contribution in [-0.2, 0) is 104 Å². The molecule has 6 unspecified atom stereocenters. The molecular formula is C83H108O19. The Bertz CT molecular complexity index is 3700. The number of carbonyl (C=O) groups excluding carboxylic acids is 6. The number of hydrogen-bond acceptors (Lipinski definition) is 19. The molecule has 19 nitrogen and oxygen atoms in total. The fourth-order valence-electron chi connectivity index (χ4n) is 12.5. The number of phenolic OH excluding ortho intramolecular Hbond substituents is 3. The topological polar surface area (TPSA) is 266 Å². The zero-order chi connectivity index (χ0) is 75.5. The molecule has 0 aliphatic heterocycles. The van der Waals surface area contributed by atoms with Gasteiger partial charge in [0.2, 0.25) is 0 Å². The van der Waals surface area contributed by atoms with Gasteiger partial charge in [0.15, 0.2) is 0 Å². The lowest BCUT2D eigenvalue weighted by Gasteiger charge is -2.40. The number of fused-ring (bicyclic) bond motifs is 2. The molecule has 102 heavy (non-hydrogen) atoms. The van der Waals surface area contributed by atoms with E-state index in [1.807, 2.05) is 84.9 Å². The highest BCUT2D eigenvalue weighted by molar-refractivity contribution is 6.02. The molecule has 0 bridgehead atoms. The number of aliphatic hydroxyl groups excluding tert-OH is 1. The van der Waals surface area contributed by atoms with Gasteiger partial charge in [0.25, 0.3) is 0 Å². The van der Waals surface area contributed by atoms with E-state index in [-0.39, 0.29) is 95.8 Å². The first-order valence-electron chi connectivity index (χ1n) is 34.7. The highest BCUT2D eigenvalue weighted by Gasteiger charge is 2.50. The Morgan fingerprint density at radius 1 is 0.510 bits per heavy atom. The van der Waals surface area contributed by atoms with Crippen LogP contribution in [0.3, 0.4) is 0 Å². The molecule has 0 saturated carbocycles. The van der Waals surface area contributed by atoms with Crippen LogP contribution < -0.4 is 0 Å². The minimum atomic E-state index is -1.50. The van der Waals surface area contributed by atoms with E-state index in [1.54, 1.807) is 96.0 Å². The first-order chi connectivity index (χ1) is 48.2. The lowest BCUT2D eigenvalue weighted by atomic mass is 9.66. The van der Waals surface area contributed by atoms with Gasteiger partial charge in [0, 0.05) is 56.3 Å². The molecule has 0 amide bonds. The minimum Gasteiger partial charge on any atom is -0.508 e. The van der Waals surface area contributed by atoms with Crippen LogP contribution in [0.15, 0.2) is 133 Å². The lowest BCUT2D eigenvalue weighted by Crippen LogP contribution is -2.45. The maximum absolute atomic E-state index is 14.2. The van der Waals surface area contributed by atoms with Gasteiger partial charge in [-0.05, 0) is 199 Å². The number of methoxy groups -OCH3 is 4. The fourth-order valence-corrected chi connectivity index (χ4v) is 12.5. The molecule has 0 spiro atoms. The molecule has 554 valence electrons. The number of esters is 5. The summed E-state index contributed by atoms with van der Waals surface area (Å²) in [6.45, 7) is 20.9. The van der Waals surface area contributed by atoms with Crippen LogP contribution in [0.25, 0.3) is 32.7 Å². The van der Waals surface area contributed by atoms with Crippen LogP contribution in [0.2, 0.25) is 0 Å². The SMILES string of the molecule is CCC(C)(CC(C)(CC(CC(C)(C)C(=O)OCc1c2ccccc2cc2ccccc12)C(=O)OCCOC(=O)CC(C)=O)C(=O)OC(C)(C)C)C(=O)OCC(C)O.CCC(CC(C)c1ccccc1)c1ccc(O)cc1.COCc1cc(-c2cc(COC)c(O)c(COC)c2)cc(COC)c1O. The van der Waals surface area contributed by atoms with Crippen molar-refractivity contribution in [1.29, 1.82) is 0 Å². The van der Waals surface area contributed by atoms with Gasteiger partial charge >= 0.3 is 29.8 Å². The monoisotopic (exact) mass is 1410 g/mol. The molecule has 7 rings (SSSR count). The van der Waals surface area contributed by atoms with Crippen molar-refractivity contribution >= 4 is 57.2 Å². The average molecular weight is 1410 g/mol. The zero-order valence-electron chi connectivity index (χ0n) is 62.5. The number of phenols is 3. The van der Waals surface area contributed by atoms with Crippen molar-refractivity contribution in [2.24, 2.45) is 22.2 Å². The van der Waals surface area contributed by atoms with E-state index in [4.69, 9.17) is 42.6 Å². The van der Waals surface area contributed by atoms with Crippen molar-refractivity contribution in [3.05, 3.63) is 172 Å². The van der Waals surface area contributed by atoms with E-state index in [0.717, 1.165) is 51.1 Å². The molecule has 0 saturated heterocycles.